The predicted octanol–water partition coefficient (Wildman–Crippen LogP) is 4.30. The highest BCUT2D eigenvalue weighted by Gasteiger charge is 2.46. The van der Waals surface area contributed by atoms with Crippen molar-refractivity contribution < 1.29 is 9.53 Å². The summed E-state index contributed by atoms with van der Waals surface area (Å²) in [5.74, 6) is 0.308. The molecule has 134 valence electrons. The molecule has 0 radical (unpaired) electrons. The van der Waals surface area contributed by atoms with Gasteiger partial charge in [-0.1, -0.05) is 43.1 Å². The molecule has 3 rings (SSSR count). The molecule has 5 heteroatoms. The van der Waals surface area contributed by atoms with Gasteiger partial charge in [0.15, 0.2) is 5.78 Å². The molecule has 0 amide bonds. The summed E-state index contributed by atoms with van der Waals surface area (Å²) in [6.07, 6.45) is 5.73. The first-order chi connectivity index (χ1) is 11.2. The van der Waals surface area contributed by atoms with Crippen molar-refractivity contribution in [3.8, 4) is 0 Å². The lowest BCUT2D eigenvalue weighted by Crippen LogP contribution is -2.51. The number of hydrogen-bond acceptors (Lipinski definition) is 3. The molecule has 1 aliphatic heterocycles. The van der Waals surface area contributed by atoms with E-state index in [0.717, 1.165) is 31.2 Å². The molecule has 1 saturated heterocycles. The van der Waals surface area contributed by atoms with Gasteiger partial charge < -0.3 is 10.1 Å². The molecular weight excluding hydrogens is 345 g/mol. The molecule has 1 N–H and O–H groups in total. The van der Waals surface area contributed by atoms with Crippen LogP contribution in [0.4, 0.5) is 0 Å². The Balaban J connectivity index is 0.00000208. The van der Waals surface area contributed by atoms with Gasteiger partial charge in [0.2, 0.25) is 0 Å². The van der Waals surface area contributed by atoms with Crippen LogP contribution in [0.15, 0.2) is 24.3 Å². The number of rotatable bonds is 7. The van der Waals surface area contributed by atoms with Crippen molar-refractivity contribution in [2.24, 2.45) is 0 Å². The molecule has 2 fully saturated rings. The summed E-state index contributed by atoms with van der Waals surface area (Å²) in [6, 6.07) is 8.28. The molecule has 1 aromatic rings. The van der Waals surface area contributed by atoms with E-state index in [-0.39, 0.29) is 18.4 Å². The third-order valence-corrected chi connectivity index (χ3v) is 5.45. The summed E-state index contributed by atoms with van der Waals surface area (Å²) in [4.78, 5) is 13.5. The van der Waals surface area contributed by atoms with Gasteiger partial charge in [0, 0.05) is 24.3 Å². The van der Waals surface area contributed by atoms with E-state index in [9.17, 15) is 4.79 Å². The number of Topliss-reactive ketones (excluding diaryl/α,β-unsaturated/α-hetero) is 1. The van der Waals surface area contributed by atoms with Gasteiger partial charge in [-0.15, -0.1) is 12.4 Å². The van der Waals surface area contributed by atoms with Gasteiger partial charge in [-0.05, 0) is 43.7 Å². The quantitative estimate of drug-likeness (QED) is 0.776. The number of carbonyl (C=O) groups is 1. The highest BCUT2D eigenvalue weighted by Crippen LogP contribution is 2.41. The molecule has 0 spiro atoms. The molecule has 3 nitrogen and oxygen atoms in total. The van der Waals surface area contributed by atoms with Gasteiger partial charge in [0.05, 0.1) is 11.5 Å². The first kappa shape index (κ1) is 19.7. The largest absolute Gasteiger partial charge is 0.381 e. The molecule has 1 atom stereocenters. The molecule has 24 heavy (non-hydrogen) atoms. The molecule has 1 aliphatic carbocycles. The maximum atomic E-state index is 13.5. The van der Waals surface area contributed by atoms with E-state index in [2.05, 4.69) is 12.2 Å². The molecule has 1 unspecified atom stereocenters. The second-order valence-electron chi connectivity index (χ2n) is 6.82. The Morgan fingerprint density at radius 1 is 1.33 bits per heavy atom. The number of ether oxygens (including phenoxy) is 1. The summed E-state index contributed by atoms with van der Waals surface area (Å²) in [7, 11) is 0. The van der Waals surface area contributed by atoms with E-state index in [1.54, 1.807) is 0 Å². The average Bonchev–Trinajstić information content (AvgIpc) is 3.39. The number of carbonyl (C=O) groups excluding carboxylic acids is 1. The van der Waals surface area contributed by atoms with Gasteiger partial charge in [-0.25, -0.2) is 0 Å². The SMILES string of the molecule is CCCC(NC1CC1)C(=O)C1(c2ccccc2Cl)CCOCC1.Cl. The molecule has 1 heterocycles. The Morgan fingerprint density at radius 2 is 2.00 bits per heavy atom. The minimum absolute atomic E-state index is 0. The molecule has 2 aliphatic rings. The maximum absolute atomic E-state index is 13.5. The second-order valence-corrected chi connectivity index (χ2v) is 7.23. The van der Waals surface area contributed by atoms with Gasteiger partial charge in [-0.3, -0.25) is 4.79 Å². The molecule has 1 aromatic carbocycles. The minimum Gasteiger partial charge on any atom is -0.381 e. The molecular formula is C19H27Cl2NO2. The average molecular weight is 372 g/mol. The number of halogens is 2. The van der Waals surface area contributed by atoms with Crippen LogP contribution in [0.1, 0.15) is 51.0 Å². The standard InChI is InChI=1S/C19H26ClNO2.ClH/c1-2-5-17(21-14-8-9-14)18(22)19(10-12-23-13-11-19)15-6-3-4-7-16(15)20;/h3-4,6-7,14,17,21H,2,5,8-13H2,1H3;1H. The van der Waals surface area contributed by atoms with Crippen LogP contribution in [-0.4, -0.2) is 31.1 Å². The van der Waals surface area contributed by atoms with Crippen LogP contribution in [0.25, 0.3) is 0 Å². The topological polar surface area (TPSA) is 38.3 Å². The minimum atomic E-state index is -0.502. The fourth-order valence-corrected chi connectivity index (χ4v) is 3.98. The lowest BCUT2D eigenvalue weighted by molar-refractivity contribution is -0.130. The zero-order chi connectivity index (χ0) is 16.3. The highest BCUT2D eigenvalue weighted by molar-refractivity contribution is 6.31. The van der Waals surface area contributed by atoms with Crippen LogP contribution in [0.2, 0.25) is 5.02 Å². The highest BCUT2D eigenvalue weighted by atomic mass is 35.5. The van der Waals surface area contributed by atoms with E-state index in [0.29, 0.717) is 30.1 Å². The van der Waals surface area contributed by atoms with Crippen molar-refractivity contribution in [1.82, 2.24) is 5.32 Å². The Kier molecular flexibility index (Phi) is 7.11. The molecule has 0 aromatic heterocycles. The van der Waals surface area contributed by atoms with E-state index in [1.165, 1.54) is 12.8 Å². The summed E-state index contributed by atoms with van der Waals surface area (Å²) in [6.45, 7) is 3.39. The van der Waals surface area contributed by atoms with Crippen LogP contribution in [0.5, 0.6) is 0 Å². The first-order valence-corrected chi connectivity index (χ1v) is 9.18. The summed E-state index contributed by atoms with van der Waals surface area (Å²) in [5.41, 5.74) is 0.479. The van der Waals surface area contributed by atoms with Crippen molar-refractivity contribution in [2.75, 3.05) is 13.2 Å². The fraction of sp³-hybridized carbons (Fsp3) is 0.632. The Labute approximate surface area is 155 Å². The molecule has 0 bridgehead atoms. The van der Waals surface area contributed by atoms with Crippen molar-refractivity contribution in [1.29, 1.82) is 0 Å². The van der Waals surface area contributed by atoms with E-state index in [1.807, 2.05) is 24.3 Å². The van der Waals surface area contributed by atoms with Gasteiger partial charge in [0.25, 0.3) is 0 Å². The number of nitrogens with one attached hydrogen (secondary N) is 1. The fourth-order valence-electron chi connectivity index (χ4n) is 3.66. The van der Waals surface area contributed by atoms with Crippen molar-refractivity contribution in [3.63, 3.8) is 0 Å². The van der Waals surface area contributed by atoms with Gasteiger partial charge in [0.1, 0.15) is 0 Å². The van der Waals surface area contributed by atoms with Crippen LogP contribution in [-0.2, 0) is 14.9 Å². The Hall–Kier alpha value is -0.610. The first-order valence-electron chi connectivity index (χ1n) is 8.80. The monoisotopic (exact) mass is 371 g/mol. The van der Waals surface area contributed by atoms with Gasteiger partial charge >= 0.3 is 0 Å². The third kappa shape index (κ3) is 4.13. The third-order valence-electron chi connectivity index (χ3n) is 5.12. The van der Waals surface area contributed by atoms with Crippen molar-refractivity contribution in [2.45, 2.75) is 62.9 Å². The lowest BCUT2D eigenvalue weighted by atomic mass is 9.68. The van der Waals surface area contributed by atoms with Crippen LogP contribution >= 0.6 is 24.0 Å². The lowest BCUT2D eigenvalue weighted by Gasteiger charge is -2.39. The zero-order valence-corrected chi connectivity index (χ0v) is 15.8. The summed E-state index contributed by atoms with van der Waals surface area (Å²) >= 11 is 6.48. The maximum Gasteiger partial charge on any atom is 0.160 e. The van der Waals surface area contributed by atoms with Crippen molar-refractivity contribution >= 4 is 29.8 Å². The number of hydrogen-bond donors (Lipinski definition) is 1. The summed E-state index contributed by atoms with van der Waals surface area (Å²) < 4.78 is 5.55. The zero-order valence-electron chi connectivity index (χ0n) is 14.2. The second kappa shape index (κ2) is 8.66. The Morgan fingerprint density at radius 3 is 2.58 bits per heavy atom. The normalized spacial score (nSPS) is 20.9. The number of benzene rings is 1. The van der Waals surface area contributed by atoms with Crippen LogP contribution in [0, 0.1) is 0 Å². The number of ketones is 1. The summed E-state index contributed by atoms with van der Waals surface area (Å²) in [5, 5.41) is 4.27. The smallest absolute Gasteiger partial charge is 0.160 e. The van der Waals surface area contributed by atoms with Crippen molar-refractivity contribution in [3.05, 3.63) is 34.9 Å². The molecule has 1 saturated carbocycles. The Bertz CT molecular complexity index is 554. The van der Waals surface area contributed by atoms with E-state index < -0.39 is 5.41 Å². The van der Waals surface area contributed by atoms with Gasteiger partial charge in [-0.2, -0.15) is 0 Å². The predicted molar refractivity (Wildman–Crippen MR) is 100 cm³/mol. The van der Waals surface area contributed by atoms with Crippen LogP contribution in [0.3, 0.4) is 0 Å². The van der Waals surface area contributed by atoms with E-state index >= 15 is 0 Å². The van der Waals surface area contributed by atoms with E-state index in [4.69, 9.17) is 16.3 Å². The van der Waals surface area contributed by atoms with Crippen LogP contribution < -0.4 is 5.32 Å².